The molecule has 3 nitrogen and oxygen atoms in total. The van der Waals surface area contributed by atoms with Gasteiger partial charge >= 0.3 is 5.97 Å². The van der Waals surface area contributed by atoms with Crippen molar-refractivity contribution in [1.82, 2.24) is 0 Å². The molecular weight excluding hydrogens is 480 g/mol. The molecule has 0 rings (SSSR count). The van der Waals surface area contributed by atoms with Crippen molar-refractivity contribution in [2.24, 2.45) is 0 Å². The van der Waals surface area contributed by atoms with E-state index in [2.05, 4.69) is 38.2 Å². The van der Waals surface area contributed by atoms with Crippen LogP contribution in [0.5, 0.6) is 0 Å². The van der Waals surface area contributed by atoms with Gasteiger partial charge in [0.05, 0.1) is 12.7 Å². The Morgan fingerprint density at radius 3 is 1.56 bits per heavy atom. The molecule has 0 aromatic heterocycles. The molecule has 39 heavy (non-hydrogen) atoms. The Hall–Kier alpha value is -1.09. The molecular formula is C36H68O3. The summed E-state index contributed by atoms with van der Waals surface area (Å²) in [5.74, 6) is -0.00523. The van der Waals surface area contributed by atoms with Crippen LogP contribution in [0.4, 0.5) is 0 Å². The lowest BCUT2D eigenvalue weighted by atomic mass is 10.1. The van der Waals surface area contributed by atoms with E-state index in [1.807, 2.05) is 0 Å². The van der Waals surface area contributed by atoms with Crippen molar-refractivity contribution in [3.05, 3.63) is 24.3 Å². The molecule has 0 bridgehead atoms. The maximum atomic E-state index is 11.9. The van der Waals surface area contributed by atoms with Crippen LogP contribution in [0.3, 0.4) is 0 Å². The molecule has 0 aromatic rings. The second kappa shape index (κ2) is 33.1. The van der Waals surface area contributed by atoms with Crippen molar-refractivity contribution >= 4 is 5.97 Å². The highest BCUT2D eigenvalue weighted by Crippen LogP contribution is 2.13. The first-order valence-electron chi connectivity index (χ1n) is 17.3. The quantitative estimate of drug-likeness (QED) is 0.0532. The average Bonchev–Trinajstić information content (AvgIpc) is 2.93. The third kappa shape index (κ3) is 33.0. The maximum Gasteiger partial charge on any atom is 0.305 e. The van der Waals surface area contributed by atoms with Crippen molar-refractivity contribution in [2.75, 3.05) is 6.61 Å². The van der Waals surface area contributed by atoms with Gasteiger partial charge in [0.1, 0.15) is 0 Å². The molecule has 230 valence electrons. The number of rotatable bonds is 31. The maximum absolute atomic E-state index is 11.9. The van der Waals surface area contributed by atoms with E-state index in [9.17, 15) is 9.90 Å². The standard InChI is InChI=1S/C36H68O3/c1-3-5-7-9-10-11-12-13-14-15-16-19-22-25-29-33-36(38)39-34-30-26-23-20-17-18-21-24-28-32-35(37)31-27-8-6-4-2/h11-12,24,28,35,37H,3-10,13-23,25-27,29-34H2,1-2H3/b12-11+,28-24-/t35-/m1/s1. The zero-order valence-electron chi connectivity index (χ0n) is 26.4. The second-order valence-corrected chi connectivity index (χ2v) is 11.7. The Kier molecular flexibility index (Phi) is 32.2. The molecule has 0 aliphatic rings. The predicted octanol–water partition coefficient (Wildman–Crippen LogP) is 11.6. The van der Waals surface area contributed by atoms with Gasteiger partial charge in [0, 0.05) is 6.42 Å². The molecule has 0 aliphatic heterocycles. The minimum atomic E-state index is -0.158. The van der Waals surface area contributed by atoms with E-state index in [0.717, 1.165) is 51.4 Å². The fourth-order valence-corrected chi connectivity index (χ4v) is 4.97. The Bertz CT molecular complexity index is 539. The third-order valence-corrected chi connectivity index (χ3v) is 7.64. The van der Waals surface area contributed by atoms with Crippen LogP contribution in [0.2, 0.25) is 0 Å². The van der Waals surface area contributed by atoms with Gasteiger partial charge in [-0.1, -0.05) is 141 Å². The molecule has 0 saturated heterocycles. The highest BCUT2D eigenvalue weighted by molar-refractivity contribution is 5.69. The summed E-state index contributed by atoms with van der Waals surface area (Å²) >= 11 is 0. The van der Waals surface area contributed by atoms with Crippen molar-refractivity contribution in [2.45, 2.75) is 193 Å². The summed E-state index contributed by atoms with van der Waals surface area (Å²) in [5, 5.41) is 9.98. The number of unbranched alkanes of at least 4 members (excludes halogenated alkanes) is 20. The number of hydrogen-bond donors (Lipinski definition) is 1. The van der Waals surface area contributed by atoms with Crippen LogP contribution in [-0.2, 0) is 9.53 Å². The van der Waals surface area contributed by atoms with Gasteiger partial charge in [0.25, 0.3) is 0 Å². The van der Waals surface area contributed by atoms with Gasteiger partial charge in [-0.15, -0.1) is 0 Å². The van der Waals surface area contributed by atoms with Gasteiger partial charge in [-0.2, -0.15) is 0 Å². The van der Waals surface area contributed by atoms with E-state index in [-0.39, 0.29) is 12.1 Å². The van der Waals surface area contributed by atoms with Crippen LogP contribution in [0.1, 0.15) is 187 Å². The summed E-state index contributed by atoms with van der Waals surface area (Å²) in [6, 6.07) is 0. The highest BCUT2D eigenvalue weighted by Gasteiger charge is 2.03. The number of allylic oxidation sites excluding steroid dienone is 3. The highest BCUT2D eigenvalue weighted by atomic mass is 16.5. The van der Waals surface area contributed by atoms with Crippen molar-refractivity contribution in [1.29, 1.82) is 0 Å². The summed E-state index contributed by atoms with van der Waals surface area (Å²) in [5.41, 5.74) is 0. The molecule has 0 fully saturated rings. The largest absolute Gasteiger partial charge is 0.466 e. The molecule has 0 aliphatic carbocycles. The summed E-state index contributed by atoms with van der Waals surface area (Å²) < 4.78 is 5.41. The van der Waals surface area contributed by atoms with E-state index >= 15 is 0 Å². The second-order valence-electron chi connectivity index (χ2n) is 11.7. The number of hydrogen-bond acceptors (Lipinski definition) is 3. The predicted molar refractivity (Wildman–Crippen MR) is 171 cm³/mol. The normalized spacial score (nSPS) is 12.6. The number of aliphatic hydroxyl groups excluding tert-OH is 1. The summed E-state index contributed by atoms with van der Waals surface area (Å²) in [7, 11) is 0. The molecule has 0 unspecified atom stereocenters. The molecule has 0 heterocycles. The fourth-order valence-electron chi connectivity index (χ4n) is 4.97. The lowest BCUT2D eigenvalue weighted by Gasteiger charge is -2.07. The van der Waals surface area contributed by atoms with Crippen molar-refractivity contribution < 1.29 is 14.6 Å². The van der Waals surface area contributed by atoms with Gasteiger partial charge in [-0.3, -0.25) is 4.79 Å². The minimum absolute atomic E-state index is 0.00523. The number of ether oxygens (including phenoxy) is 1. The molecule has 1 atom stereocenters. The average molecular weight is 549 g/mol. The molecule has 3 heteroatoms. The lowest BCUT2D eigenvalue weighted by molar-refractivity contribution is -0.143. The lowest BCUT2D eigenvalue weighted by Crippen LogP contribution is -2.05. The number of carbonyl (C=O) groups excluding carboxylic acids is 1. The fraction of sp³-hybridized carbons (Fsp3) is 0.861. The van der Waals surface area contributed by atoms with Crippen LogP contribution in [0, 0.1) is 0 Å². The molecule has 1 N–H and O–H groups in total. The first kappa shape index (κ1) is 37.9. The SMILES string of the molecule is CCCCCC/C=C/CCCCCCCCCC(=O)OCCCCCCCC/C=C\C[C@H](O)CCCCCC. The van der Waals surface area contributed by atoms with E-state index in [4.69, 9.17) is 4.74 Å². The zero-order valence-corrected chi connectivity index (χ0v) is 26.4. The van der Waals surface area contributed by atoms with Gasteiger partial charge < -0.3 is 9.84 Å². The molecule has 0 saturated carbocycles. The molecule has 0 amide bonds. The number of esters is 1. The van der Waals surface area contributed by atoms with Crippen LogP contribution >= 0.6 is 0 Å². The van der Waals surface area contributed by atoms with Crippen LogP contribution in [-0.4, -0.2) is 23.8 Å². The number of aliphatic hydroxyl groups is 1. The first-order valence-corrected chi connectivity index (χ1v) is 17.3. The summed E-state index contributed by atoms with van der Waals surface area (Å²) in [6.45, 7) is 5.08. The van der Waals surface area contributed by atoms with Crippen LogP contribution in [0.25, 0.3) is 0 Å². The monoisotopic (exact) mass is 549 g/mol. The van der Waals surface area contributed by atoms with Crippen molar-refractivity contribution in [3.8, 4) is 0 Å². The van der Waals surface area contributed by atoms with E-state index < -0.39 is 0 Å². The van der Waals surface area contributed by atoms with Crippen molar-refractivity contribution in [3.63, 3.8) is 0 Å². The van der Waals surface area contributed by atoms with Gasteiger partial charge in [-0.05, 0) is 64.2 Å². The van der Waals surface area contributed by atoms with Crippen LogP contribution in [0.15, 0.2) is 24.3 Å². The Morgan fingerprint density at radius 2 is 1.00 bits per heavy atom. The molecule has 0 spiro atoms. The van der Waals surface area contributed by atoms with Gasteiger partial charge in [0.2, 0.25) is 0 Å². The van der Waals surface area contributed by atoms with E-state index in [1.165, 1.54) is 116 Å². The smallest absolute Gasteiger partial charge is 0.305 e. The van der Waals surface area contributed by atoms with Crippen LogP contribution < -0.4 is 0 Å². The Labute approximate surface area is 244 Å². The first-order chi connectivity index (χ1) is 19.2. The summed E-state index contributed by atoms with van der Waals surface area (Å²) in [4.78, 5) is 11.9. The third-order valence-electron chi connectivity index (χ3n) is 7.64. The topological polar surface area (TPSA) is 46.5 Å². The zero-order chi connectivity index (χ0) is 28.5. The van der Waals surface area contributed by atoms with E-state index in [1.54, 1.807) is 0 Å². The van der Waals surface area contributed by atoms with E-state index in [0.29, 0.717) is 13.0 Å². The Balaban J connectivity index is 3.28. The van der Waals surface area contributed by atoms with Gasteiger partial charge in [-0.25, -0.2) is 0 Å². The van der Waals surface area contributed by atoms with Gasteiger partial charge in [0.15, 0.2) is 0 Å². The Morgan fingerprint density at radius 1 is 0.564 bits per heavy atom. The molecule has 0 aromatic carbocycles. The molecule has 0 radical (unpaired) electrons. The number of carbonyl (C=O) groups is 1. The minimum Gasteiger partial charge on any atom is -0.466 e. The summed E-state index contributed by atoms with van der Waals surface area (Å²) in [6.07, 6.45) is 41.1.